The summed E-state index contributed by atoms with van der Waals surface area (Å²) in [5, 5.41) is 6.95. The lowest BCUT2D eigenvalue weighted by atomic mass is 9.67. The van der Waals surface area contributed by atoms with Crippen molar-refractivity contribution in [3.63, 3.8) is 0 Å². The van der Waals surface area contributed by atoms with Crippen molar-refractivity contribution < 1.29 is 0 Å². The summed E-state index contributed by atoms with van der Waals surface area (Å²) < 4.78 is 0. The SMILES string of the molecule is c1ccc(C2(c3ccccc3)c3ccccc3-c3ccc(-c4cccc(-c5ccc(-c6cc(-c7cccc8ccccc78)nc(-c7cccc8ccccc78)n6)c6ccccc56)c4)cc32)cc1. The average molecular weight is 851 g/mol. The van der Waals surface area contributed by atoms with Gasteiger partial charge in [0.1, 0.15) is 0 Å². The molecule has 312 valence electrons. The smallest absolute Gasteiger partial charge is 0.161 e. The van der Waals surface area contributed by atoms with Crippen LogP contribution in [0, 0.1) is 0 Å². The van der Waals surface area contributed by atoms with E-state index < -0.39 is 5.41 Å². The molecule has 1 aliphatic carbocycles. The summed E-state index contributed by atoms with van der Waals surface area (Å²) in [6.07, 6.45) is 0. The third-order valence-corrected chi connectivity index (χ3v) is 14.0. The number of benzene rings is 11. The number of hydrogen-bond donors (Lipinski definition) is 0. The second-order valence-electron chi connectivity index (χ2n) is 17.6. The molecule has 1 heterocycles. The van der Waals surface area contributed by atoms with Gasteiger partial charge in [-0.1, -0.05) is 237 Å². The van der Waals surface area contributed by atoms with Crippen molar-refractivity contribution in [2.24, 2.45) is 0 Å². The molecule has 0 saturated carbocycles. The summed E-state index contributed by atoms with van der Waals surface area (Å²) in [5.74, 6) is 0.707. The molecule has 0 N–H and O–H groups in total. The second-order valence-corrected chi connectivity index (χ2v) is 17.6. The molecule has 0 fully saturated rings. The lowest BCUT2D eigenvalue weighted by Gasteiger charge is -2.34. The third-order valence-electron chi connectivity index (χ3n) is 14.0. The third kappa shape index (κ3) is 6.26. The van der Waals surface area contributed by atoms with Crippen molar-refractivity contribution in [3.05, 3.63) is 277 Å². The lowest BCUT2D eigenvalue weighted by Crippen LogP contribution is -2.28. The molecular formula is C65H42N2. The monoisotopic (exact) mass is 850 g/mol. The van der Waals surface area contributed by atoms with E-state index in [2.05, 4.69) is 255 Å². The van der Waals surface area contributed by atoms with E-state index in [1.165, 1.54) is 60.8 Å². The van der Waals surface area contributed by atoms with Crippen molar-refractivity contribution in [1.82, 2.24) is 9.97 Å². The zero-order valence-electron chi connectivity index (χ0n) is 36.6. The van der Waals surface area contributed by atoms with Gasteiger partial charge in [0.05, 0.1) is 16.8 Å². The normalized spacial score (nSPS) is 12.6. The Labute approximate surface area is 390 Å². The van der Waals surface area contributed by atoms with Gasteiger partial charge < -0.3 is 0 Å². The molecule has 67 heavy (non-hydrogen) atoms. The molecule has 0 saturated heterocycles. The highest BCUT2D eigenvalue weighted by Crippen LogP contribution is 2.56. The first-order valence-electron chi connectivity index (χ1n) is 23.1. The maximum absolute atomic E-state index is 5.42. The van der Waals surface area contributed by atoms with Crippen molar-refractivity contribution >= 4 is 32.3 Å². The van der Waals surface area contributed by atoms with Crippen LogP contribution in [0.4, 0.5) is 0 Å². The van der Waals surface area contributed by atoms with Crippen LogP contribution in [0.25, 0.3) is 99.6 Å². The topological polar surface area (TPSA) is 25.8 Å². The quantitative estimate of drug-likeness (QED) is 0.160. The summed E-state index contributed by atoms with van der Waals surface area (Å²) in [5.41, 5.74) is 16.9. The zero-order valence-corrected chi connectivity index (χ0v) is 36.6. The van der Waals surface area contributed by atoms with E-state index in [1.54, 1.807) is 0 Å². The van der Waals surface area contributed by atoms with Gasteiger partial charge in [-0.15, -0.1) is 0 Å². The van der Waals surface area contributed by atoms with Gasteiger partial charge in [-0.05, 0) is 106 Å². The van der Waals surface area contributed by atoms with Crippen LogP contribution < -0.4 is 0 Å². The molecule has 0 radical (unpaired) electrons. The summed E-state index contributed by atoms with van der Waals surface area (Å²) >= 11 is 0. The summed E-state index contributed by atoms with van der Waals surface area (Å²) in [7, 11) is 0. The highest BCUT2D eigenvalue weighted by Gasteiger charge is 2.46. The summed E-state index contributed by atoms with van der Waals surface area (Å²) in [6.45, 7) is 0. The van der Waals surface area contributed by atoms with Crippen LogP contribution in [0.5, 0.6) is 0 Å². The first-order valence-corrected chi connectivity index (χ1v) is 23.1. The van der Waals surface area contributed by atoms with Crippen LogP contribution in [0.2, 0.25) is 0 Å². The van der Waals surface area contributed by atoms with Crippen molar-refractivity contribution in [2.45, 2.75) is 5.41 Å². The Hall–Kier alpha value is -8.72. The minimum Gasteiger partial charge on any atom is -0.228 e. The van der Waals surface area contributed by atoms with Crippen molar-refractivity contribution in [1.29, 1.82) is 0 Å². The number of nitrogens with zero attached hydrogens (tertiary/aromatic N) is 2. The maximum atomic E-state index is 5.42. The highest BCUT2D eigenvalue weighted by molar-refractivity contribution is 6.06. The Balaban J connectivity index is 0.962. The van der Waals surface area contributed by atoms with E-state index >= 15 is 0 Å². The fourth-order valence-corrected chi connectivity index (χ4v) is 11.0. The molecule has 0 atom stereocenters. The van der Waals surface area contributed by atoms with Gasteiger partial charge in [0, 0.05) is 16.7 Å². The molecule has 12 aromatic rings. The number of hydrogen-bond acceptors (Lipinski definition) is 2. The molecule has 13 rings (SSSR count). The molecule has 2 heteroatoms. The van der Waals surface area contributed by atoms with E-state index in [0.29, 0.717) is 5.82 Å². The van der Waals surface area contributed by atoms with Gasteiger partial charge >= 0.3 is 0 Å². The van der Waals surface area contributed by atoms with Gasteiger partial charge in [0.2, 0.25) is 0 Å². The van der Waals surface area contributed by atoms with E-state index in [1.807, 2.05) is 0 Å². The van der Waals surface area contributed by atoms with E-state index in [9.17, 15) is 0 Å². The fraction of sp³-hybridized carbons (Fsp3) is 0.0154. The van der Waals surface area contributed by atoms with Crippen LogP contribution in [0.15, 0.2) is 255 Å². The standard InChI is InChI=1S/C65H42N2/c1-3-24-48(25-4-1)65(49-26-5-2-6-27-49)60-35-14-13-32-55(60)56-37-36-46(41-61(56)65)45-22-15-23-47(40-45)52-38-39-58(54-31-12-11-30-53(52)54)63-42-62(57-33-16-20-43-18-7-9-28-50(43)57)66-64(67-63)59-34-17-21-44-19-8-10-29-51(44)59/h1-42H. The Morgan fingerprint density at radius 2 is 0.701 bits per heavy atom. The molecule has 1 aromatic heterocycles. The fourth-order valence-electron chi connectivity index (χ4n) is 11.0. The minimum absolute atomic E-state index is 0.462. The van der Waals surface area contributed by atoms with Crippen LogP contribution in [0.3, 0.4) is 0 Å². The number of rotatable bonds is 7. The number of aromatic nitrogens is 2. The minimum atomic E-state index is -0.462. The molecule has 11 aromatic carbocycles. The highest BCUT2D eigenvalue weighted by atomic mass is 14.9. The second kappa shape index (κ2) is 15.8. The van der Waals surface area contributed by atoms with Gasteiger partial charge in [0.25, 0.3) is 0 Å². The van der Waals surface area contributed by atoms with Gasteiger partial charge in [-0.25, -0.2) is 9.97 Å². The Morgan fingerprint density at radius 3 is 1.40 bits per heavy atom. The van der Waals surface area contributed by atoms with Crippen LogP contribution in [-0.2, 0) is 5.41 Å². The zero-order chi connectivity index (χ0) is 44.3. The van der Waals surface area contributed by atoms with Crippen LogP contribution in [-0.4, -0.2) is 9.97 Å². The summed E-state index contributed by atoms with van der Waals surface area (Å²) in [4.78, 5) is 10.8. The van der Waals surface area contributed by atoms with Gasteiger partial charge in [-0.2, -0.15) is 0 Å². The Bertz CT molecular complexity index is 3720. The van der Waals surface area contributed by atoms with Gasteiger partial charge in [0.15, 0.2) is 5.82 Å². The van der Waals surface area contributed by atoms with Gasteiger partial charge in [-0.3, -0.25) is 0 Å². The molecule has 0 unspecified atom stereocenters. The average Bonchev–Trinajstić information content (AvgIpc) is 3.71. The lowest BCUT2D eigenvalue weighted by molar-refractivity contribution is 0.769. The first-order chi connectivity index (χ1) is 33.2. The molecule has 2 nitrogen and oxygen atoms in total. The molecular weight excluding hydrogens is 809 g/mol. The Kier molecular flexibility index (Phi) is 9.11. The first kappa shape index (κ1) is 38.7. The maximum Gasteiger partial charge on any atom is 0.161 e. The van der Waals surface area contributed by atoms with Crippen LogP contribution in [0.1, 0.15) is 22.3 Å². The molecule has 0 bridgehead atoms. The van der Waals surface area contributed by atoms with Crippen molar-refractivity contribution in [3.8, 4) is 67.3 Å². The van der Waals surface area contributed by atoms with Crippen molar-refractivity contribution in [2.75, 3.05) is 0 Å². The largest absolute Gasteiger partial charge is 0.228 e. The van der Waals surface area contributed by atoms with Crippen LogP contribution >= 0.6 is 0 Å². The Morgan fingerprint density at radius 1 is 0.254 bits per heavy atom. The number of fused-ring (bicyclic) bond motifs is 6. The molecule has 0 amide bonds. The van der Waals surface area contributed by atoms with E-state index in [4.69, 9.17) is 9.97 Å². The predicted octanol–water partition coefficient (Wildman–Crippen LogP) is 16.6. The molecule has 0 aliphatic heterocycles. The molecule has 0 spiro atoms. The van der Waals surface area contributed by atoms with E-state index in [-0.39, 0.29) is 0 Å². The predicted molar refractivity (Wildman–Crippen MR) is 279 cm³/mol. The van der Waals surface area contributed by atoms with E-state index in [0.717, 1.165) is 55.2 Å². The summed E-state index contributed by atoms with van der Waals surface area (Å²) in [6, 6.07) is 92.6. The molecule has 1 aliphatic rings.